The van der Waals surface area contributed by atoms with Gasteiger partial charge in [0.1, 0.15) is 12.6 Å². The second kappa shape index (κ2) is 9.66. The third kappa shape index (κ3) is 4.49. The lowest BCUT2D eigenvalue weighted by Gasteiger charge is -2.23. The Balaban J connectivity index is 1.59. The van der Waals surface area contributed by atoms with E-state index < -0.39 is 12.0 Å². The molecule has 2 aromatic carbocycles. The van der Waals surface area contributed by atoms with Gasteiger partial charge in [0, 0.05) is 9.35 Å². The van der Waals surface area contributed by atoms with Crippen LogP contribution in [0.5, 0.6) is 0 Å². The molecule has 5 rings (SSSR count). The maximum atomic E-state index is 13.6. The largest absolute Gasteiger partial charge is 0.457 e. The van der Waals surface area contributed by atoms with Gasteiger partial charge < -0.3 is 4.74 Å². The minimum absolute atomic E-state index is 0.154. The molecular weight excluding hydrogens is 532 g/mol. The van der Waals surface area contributed by atoms with Crippen molar-refractivity contribution in [3.8, 4) is 0 Å². The third-order valence-corrected chi connectivity index (χ3v) is 7.81. The topological polar surface area (TPSA) is 60.7 Å². The second-order valence-electron chi connectivity index (χ2n) is 7.71. The molecular formula is C26H19BrN2O3S2. The van der Waals surface area contributed by atoms with Gasteiger partial charge >= 0.3 is 5.97 Å². The highest BCUT2D eigenvalue weighted by Crippen LogP contribution is 2.33. The van der Waals surface area contributed by atoms with E-state index in [0.29, 0.717) is 20.6 Å². The summed E-state index contributed by atoms with van der Waals surface area (Å²) in [5.74, 6) is -0.468. The minimum atomic E-state index is -0.579. The molecule has 0 saturated heterocycles. The predicted molar refractivity (Wildman–Crippen MR) is 138 cm³/mol. The SMILES string of the molecule is CC1=C(C(=O)OCc2ccccc2)[C@H](c2cccs2)n2c(s/c(=C/c3cccc(Br)c3)c2=O)=N1. The highest BCUT2D eigenvalue weighted by molar-refractivity contribution is 9.10. The van der Waals surface area contributed by atoms with Gasteiger partial charge in [-0.2, -0.15) is 0 Å². The smallest absolute Gasteiger partial charge is 0.338 e. The number of fused-ring (bicyclic) bond motifs is 1. The van der Waals surface area contributed by atoms with Crippen LogP contribution in [0.3, 0.4) is 0 Å². The summed E-state index contributed by atoms with van der Waals surface area (Å²) in [6.45, 7) is 1.95. The van der Waals surface area contributed by atoms with Crippen molar-refractivity contribution in [1.82, 2.24) is 4.57 Å². The van der Waals surface area contributed by atoms with Gasteiger partial charge in [-0.05, 0) is 47.7 Å². The molecule has 0 aliphatic carbocycles. The number of carbonyl (C=O) groups excluding carboxylic acids is 1. The van der Waals surface area contributed by atoms with Crippen molar-refractivity contribution in [3.05, 3.63) is 124 Å². The number of halogens is 1. The van der Waals surface area contributed by atoms with Crippen LogP contribution < -0.4 is 14.9 Å². The molecule has 0 N–H and O–H groups in total. The number of rotatable bonds is 5. The Morgan fingerprint density at radius 2 is 1.97 bits per heavy atom. The number of aromatic nitrogens is 1. The predicted octanol–water partition coefficient (Wildman–Crippen LogP) is 4.80. The fourth-order valence-electron chi connectivity index (χ4n) is 3.85. The first-order valence-electron chi connectivity index (χ1n) is 10.5. The first-order chi connectivity index (χ1) is 16.5. The molecule has 4 aromatic rings. The Kier molecular flexibility index (Phi) is 6.45. The molecule has 3 heterocycles. The van der Waals surface area contributed by atoms with Crippen LogP contribution in [-0.2, 0) is 16.1 Å². The summed E-state index contributed by atoms with van der Waals surface area (Å²) in [4.78, 5) is 32.9. The molecule has 0 spiro atoms. The summed E-state index contributed by atoms with van der Waals surface area (Å²) in [6, 6.07) is 20.6. The number of carbonyl (C=O) groups is 1. The Morgan fingerprint density at radius 1 is 1.15 bits per heavy atom. The lowest BCUT2D eigenvalue weighted by atomic mass is 10.0. The highest BCUT2D eigenvalue weighted by atomic mass is 79.9. The van der Waals surface area contributed by atoms with Gasteiger partial charge in [-0.1, -0.05) is 75.8 Å². The molecule has 170 valence electrons. The van der Waals surface area contributed by atoms with Crippen LogP contribution in [0.1, 0.15) is 29.0 Å². The van der Waals surface area contributed by atoms with Crippen LogP contribution in [0.15, 0.2) is 97.6 Å². The molecule has 0 unspecified atom stereocenters. The Hall–Kier alpha value is -3.07. The van der Waals surface area contributed by atoms with Gasteiger partial charge in [-0.15, -0.1) is 11.3 Å². The fourth-order valence-corrected chi connectivity index (χ4v) is 6.13. The summed E-state index contributed by atoms with van der Waals surface area (Å²) in [5.41, 5.74) is 2.58. The molecule has 8 heteroatoms. The van der Waals surface area contributed by atoms with E-state index in [-0.39, 0.29) is 12.2 Å². The molecule has 34 heavy (non-hydrogen) atoms. The summed E-state index contributed by atoms with van der Waals surface area (Å²) in [5, 5.41) is 1.94. The van der Waals surface area contributed by atoms with Crippen LogP contribution in [-0.4, -0.2) is 10.5 Å². The molecule has 0 fully saturated rings. The van der Waals surface area contributed by atoms with E-state index in [4.69, 9.17) is 4.74 Å². The summed E-state index contributed by atoms with van der Waals surface area (Å²) < 4.78 is 8.77. The normalized spacial score (nSPS) is 15.7. The fraction of sp³-hybridized carbons (Fsp3) is 0.115. The summed E-state index contributed by atoms with van der Waals surface area (Å²) in [6.07, 6.45) is 1.85. The molecule has 0 radical (unpaired) electrons. The number of thiazole rings is 1. The minimum Gasteiger partial charge on any atom is -0.457 e. The molecule has 2 aromatic heterocycles. The van der Waals surface area contributed by atoms with Crippen molar-refractivity contribution in [2.24, 2.45) is 4.99 Å². The van der Waals surface area contributed by atoms with Crippen molar-refractivity contribution in [2.45, 2.75) is 19.6 Å². The van der Waals surface area contributed by atoms with E-state index in [0.717, 1.165) is 20.5 Å². The maximum absolute atomic E-state index is 13.6. The van der Waals surface area contributed by atoms with Gasteiger partial charge in [-0.3, -0.25) is 9.36 Å². The first-order valence-corrected chi connectivity index (χ1v) is 13.0. The average molecular weight is 551 g/mol. The Morgan fingerprint density at radius 3 is 2.71 bits per heavy atom. The van der Waals surface area contributed by atoms with Gasteiger partial charge in [0.05, 0.1) is 15.8 Å². The van der Waals surface area contributed by atoms with Crippen molar-refractivity contribution in [1.29, 1.82) is 0 Å². The molecule has 0 bridgehead atoms. The van der Waals surface area contributed by atoms with E-state index in [1.54, 1.807) is 11.5 Å². The van der Waals surface area contributed by atoms with Crippen LogP contribution in [0.2, 0.25) is 0 Å². The average Bonchev–Trinajstić information content (AvgIpc) is 3.46. The quantitative estimate of drug-likeness (QED) is 0.335. The van der Waals surface area contributed by atoms with Crippen molar-refractivity contribution in [3.63, 3.8) is 0 Å². The number of nitrogens with zero attached hydrogens (tertiary/aromatic N) is 2. The van der Waals surface area contributed by atoms with Crippen LogP contribution in [0.4, 0.5) is 0 Å². The van der Waals surface area contributed by atoms with E-state index >= 15 is 0 Å². The number of hydrogen-bond acceptors (Lipinski definition) is 6. The van der Waals surface area contributed by atoms with E-state index in [1.807, 2.05) is 78.2 Å². The van der Waals surface area contributed by atoms with Crippen LogP contribution in [0.25, 0.3) is 6.08 Å². The van der Waals surface area contributed by atoms with Crippen molar-refractivity contribution in [2.75, 3.05) is 0 Å². The lowest BCUT2D eigenvalue weighted by molar-refractivity contribution is -0.140. The Bertz CT molecular complexity index is 1570. The Labute approximate surface area is 212 Å². The number of allylic oxidation sites excluding steroid dienone is 1. The zero-order valence-corrected chi connectivity index (χ0v) is 21.3. The maximum Gasteiger partial charge on any atom is 0.338 e. The van der Waals surface area contributed by atoms with Gasteiger partial charge in [0.15, 0.2) is 4.80 Å². The van der Waals surface area contributed by atoms with Crippen molar-refractivity contribution < 1.29 is 9.53 Å². The lowest BCUT2D eigenvalue weighted by Crippen LogP contribution is -2.39. The van der Waals surface area contributed by atoms with Gasteiger partial charge in [-0.25, -0.2) is 9.79 Å². The van der Waals surface area contributed by atoms with E-state index in [9.17, 15) is 9.59 Å². The molecule has 5 nitrogen and oxygen atoms in total. The molecule has 1 atom stereocenters. The summed E-state index contributed by atoms with van der Waals surface area (Å²) >= 11 is 6.30. The number of benzene rings is 2. The number of ether oxygens (including phenoxy) is 1. The zero-order valence-electron chi connectivity index (χ0n) is 18.1. The highest BCUT2D eigenvalue weighted by Gasteiger charge is 2.34. The first kappa shape index (κ1) is 22.7. The number of hydrogen-bond donors (Lipinski definition) is 0. The number of esters is 1. The second-order valence-corrected chi connectivity index (χ2v) is 10.6. The summed E-state index contributed by atoms with van der Waals surface area (Å²) in [7, 11) is 0. The monoisotopic (exact) mass is 550 g/mol. The van der Waals surface area contributed by atoms with E-state index in [1.165, 1.54) is 22.7 Å². The van der Waals surface area contributed by atoms with Crippen molar-refractivity contribution >= 4 is 50.6 Å². The van der Waals surface area contributed by atoms with Gasteiger partial charge in [0.25, 0.3) is 5.56 Å². The van der Waals surface area contributed by atoms with Gasteiger partial charge in [0.2, 0.25) is 0 Å². The third-order valence-electron chi connectivity index (χ3n) is 5.41. The molecule has 0 saturated carbocycles. The molecule has 0 amide bonds. The standard InChI is InChI=1S/C26H19BrN2O3S2/c1-16-22(25(31)32-15-17-7-3-2-4-8-17)23(20-11-6-12-33-20)29-24(30)21(34-26(29)28-16)14-18-9-5-10-19(27)13-18/h2-14,23H,15H2,1H3/b21-14+/t23-/m0/s1. The number of thiophene rings is 1. The molecule has 1 aliphatic heterocycles. The van der Waals surface area contributed by atoms with E-state index in [2.05, 4.69) is 20.9 Å². The zero-order chi connectivity index (χ0) is 23.7. The van der Waals surface area contributed by atoms with Crippen LogP contribution in [0, 0.1) is 0 Å². The molecule has 1 aliphatic rings. The van der Waals surface area contributed by atoms with Crippen LogP contribution >= 0.6 is 38.6 Å².